The molecule has 1 aromatic carbocycles. The monoisotopic (exact) mass is 250 g/mol. The molecule has 0 heterocycles. The van der Waals surface area contributed by atoms with Gasteiger partial charge in [0.2, 0.25) is 0 Å². The van der Waals surface area contributed by atoms with E-state index in [2.05, 4.69) is 6.58 Å². The number of rotatable bonds is 4. The van der Waals surface area contributed by atoms with E-state index < -0.39 is 5.97 Å². The molecular weight excluding hydrogens is 232 g/mol. The van der Waals surface area contributed by atoms with Crippen LogP contribution < -0.4 is 0 Å². The minimum atomic E-state index is -0.833. The highest BCUT2D eigenvalue weighted by atomic mass is 16.5. The molecule has 98 valence electrons. The molecule has 1 rings (SSSR count). The molecule has 0 aliphatic rings. The summed E-state index contributed by atoms with van der Waals surface area (Å²) in [6, 6.07) is 9.62. The van der Waals surface area contributed by atoms with Crippen molar-refractivity contribution in [2.75, 3.05) is 0 Å². The maximum absolute atomic E-state index is 11.5. The molecule has 0 aromatic heterocycles. The summed E-state index contributed by atoms with van der Waals surface area (Å²) >= 11 is 0. The van der Waals surface area contributed by atoms with Gasteiger partial charge in [0.05, 0.1) is 12.2 Å². The Bertz CT molecular complexity index is 380. The molecule has 1 N–H and O–H groups in total. The van der Waals surface area contributed by atoms with Gasteiger partial charge in [-0.15, -0.1) is 0 Å². The zero-order valence-electron chi connectivity index (χ0n) is 10.6. The number of ether oxygens (including phenoxy) is 1. The molecule has 0 saturated carbocycles. The number of hydrogen-bond donors (Lipinski definition) is 1. The van der Waals surface area contributed by atoms with Crippen molar-refractivity contribution in [3.05, 3.63) is 48.7 Å². The molecule has 0 fully saturated rings. The lowest BCUT2D eigenvalue weighted by molar-refractivity contribution is -0.140. The second kappa shape index (κ2) is 8.98. The van der Waals surface area contributed by atoms with Crippen LogP contribution in [0, 0.1) is 0 Å². The number of aliphatic carboxylic acids is 1. The molecule has 1 unspecified atom stereocenters. The lowest BCUT2D eigenvalue weighted by Crippen LogP contribution is -2.12. The smallest absolute Gasteiger partial charge is 0.318 e. The summed E-state index contributed by atoms with van der Waals surface area (Å²) < 4.78 is 4.77. The van der Waals surface area contributed by atoms with E-state index in [-0.39, 0.29) is 11.9 Å². The molecular formula is C14H18O4. The third kappa shape index (κ3) is 6.48. The van der Waals surface area contributed by atoms with Crippen LogP contribution >= 0.6 is 0 Å². The first-order chi connectivity index (χ1) is 8.52. The van der Waals surface area contributed by atoms with E-state index in [0.717, 1.165) is 18.9 Å². The van der Waals surface area contributed by atoms with Gasteiger partial charge in [-0.25, -0.2) is 0 Å². The van der Waals surface area contributed by atoms with E-state index in [4.69, 9.17) is 14.6 Å². The predicted molar refractivity (Wildman–Crippen MR) is 69.1 cm³/mol. The van der Waals surface area contributed by atoms with Gasteiger partial charge in [0.25, 0.3) is 5.97 Å². The molecule has 0 aliphatic heterocycles. The Kier molecular flexibility index (Phi) is 7.94. The molecule has 0 saturated heterocycles. The Labute approximate surface area is 107 Å². The number of carboxylic acid groups (broad SMARTS) is 1. The van der Waals surface area contributed by atoms with Gasteiger partial charge in [0, 0.05) is 6.92 Å². The molecule has 1 aromatic rings. The molecule has 4 nitrogen and oxygen atoms in total. The van der Waals surface area contributed by atoms with Crippen molar-refractivity contribution in [3.63, 3.8) is 0 Å². The van der Waals surface area contributed by atoms with E-state index in [9.17, 15) is 4.79 Å². The predicted octanol–water partition coefficient (Wildman–Crippen LogP) is 2.96. The fourth-order valence-electron chi connectivity index (χ4n) is 1.39. The van der Waals surface area contributed by atoms with Crippen molar-refractivity contribution >= 4 is 11.9 Å². The van der Waals surface area contributed by atoms with Crippen molar-refractivity contribution in [2.24, 2.45) is 0 Å². The van der Waals surface area contributed by atoms with E-state index in [1.54, 1.807) is 0 Å². The number of carbonyl (C=O) groups is 2. The molecule has 0 aliphatic carbocycles. The first kappa shape index (κ1) is 15.9. The molecule has 0 spiro atoms. The summed E-state index contributed by atoms with van der Waals surface area (Å²) in [6.07, 6.45) is 1.91. The minimum Gasteiger partial charge on any atom is -0.481 e. The van der Waals surface area contributed by atoms with Crippen molar-refractivity contribution in [2.45, 2.75) is 26.2 Å². The maximum atomic E-state index is 11.5. The number of esters is 1. The zero-order chi connectivity index (χ0) is 14.0. The first-order valence-corrected chi connectivity index (χ1v) is 5.58. The van der Waals surface area contributed by atoms with Gasteiger partial charge in [-0.2, -0.15) is 0 Å². The number of hydrogen-bond acceptors (Lipinski definition) is 3. The van der Waals surface area contributed by atoms with Crippen LogP contribution in [-0.2, 0) is 14.3 Å². The highest BCUT2D eigenvalue weighted by molar-refractivity contribution is 5.78. The highest BCUT2D eigenvalue weighted by Gasteiger charge is 2.18. The number of carbonyl (C=O) groups excluding carboxylic acids is 1. The highest BCUT2D eigenvalue weighted by Crippen LogP contribution is 2.20. The molecule has 1 atom stereocenters. The van der Waals surface area contributed by atoms with E-state index >= 15 is 0 Å². The lowest BCUT2D eigenvalue weighted by Gasteiger charge is -2.11. The average Bonchev–Trinajstić information content (AvgIpc) is 2.31. The minimum absolute atomic E-state index is 0.186. The van der Waals surface area contributed by atoms with Crippen LogP contribution in [0.4, 0.5) is 0 Å². The Morgan fingerprint density at radius 3 is 2.28 bits per heavy atom. The second-order valence-corrected chi connectivity index (χ2v) is 3.49. The van der Waals surface area contributed by atoms with Gasteiger partial charge < -0.3 is 9.84 Å². The van der Waals surface area contributed by atoms with Crippen molar-refractivity contribution in [1.82, 2.24) is 0 Å². The van der Waals surface area contributed by atoms with Crippen molar-refractivity contribution < 1.29 is 19.4 Å². The summed E-state index contributed by atoms with van der Waals surface area (Å²) in [7, 11) is 0. The van der Waals surface area contributed by atoms with Gasteiger partial charge >= 0.3 is 5.97 Å². The topological polar surface area (TPSA) is 63.6 Å². The third-order valence-corrected chi connectivity index (χ3v) is 2.09. The Hall–Kier alpha value is -2.10. The summed E-state index contributed by atoms with van der Waals surface area (Å²) in [4.78, 5) is 20.5. The van der Waals surface area contributed by atoms with Crippen LogP contribution in [-0.4, -0.2) is 17.0 Å². The van der Waals surface area contributed by atoms with Crippen LogP contribution in [0.15, 0.2) is 43.2 Å². The quantitative estimate of drug-likeness (QED) is 0.659. The van der Waals surface area contributed by atoms with Gasteiger partial charge in [-0.3, -0.25) is 9.59 Å². The normalized spacial score (nSPS) is 10.6. The summed E-state index contributed by atoms with van der Waals surface area (Å²) in [6.45, 7) is 6.41. The van der Waals surface area contributed by atoms with Crippen molar-refractivity contribution in [1.29, 1.82) is 0 Å². The van der Waals surface area contributed by atoms with Gasteiger partial charge in [0.15, 0.2) is 0 Å². The first-order valence-electron chi connectivity index (χ1n) is 5.58. The van der Waals surface area contributed by atoms with Crippen molar-refractivity contribution in [3.8, 4) is 0 Å². The molecule has 0 amide bonds. The fourth-order valence-corrected chi connectivity index (χ4v) is 1.39. The third-order valence-electron chi connectivity index (χ3n) is 2.09. The van der Waals surface area contributed by atoms with Crippen LogP contribution in [0.5, 0.6) is 0 Å². The van der Waals surface area contributed by atoms with Gasteiger partial charge in [-0.1, -0.05) is 43.8 Å². The summed E-state index contributed by atoms with van der Waals surface area (Å²) in [5.74, 6) is -1.26. The van der Waals surface area contributed by atoms with Crippen LogP contribution in [0.2, 0.25) is 0 Å². The van der Waals surface area contributed by atoms with E-state index in [1.165, 1.54) is 6.26 Å². The molecule has 18 heavy (non-hydrogen) atoms. The van der Waals surface area contributed by atoms with Crippen LogP contribution in [0.25, 0.3) is 0 Å². The molecule has 0 radical (unpaired) electrons. The zero-order valence-corrected chi connectivity index (χ0v) is 10.6. The fraction of sp³-hybridized carbons (Fsp3) is 0.286. The Balaban J connectivity index is 0.000000631. The molecule has 0 bridgehead atoms. The van der Waals surface area contributed by atoms with E-state index in [0.29, 0.717) is 0 Å². The lowest BCUT2D eigenvalue weighted by atomic mass is 9.97. The molecule has 4 heteroatoms. The average molecular weight is 250 g/mol. The standard InChI is InChI=1S/C12H14O2.C2H4O2/c1-3-11(12(13)14-4-2)10-8-6-5-7-9-10;1-2(3)4/h4-9,11H,2-3H2,1H3;1H3,(H,3,4). The number of benzene rings is 1. The largest absolute Gasteiger partial charge is 0.481 e. The van der Waals surface area contributed by atoms with Gasteiger partial charge in [-0.05, 0) is 12.0 Å². The van der Waals surface area contributed by atoms with E-state index in [1.807, 2.05) is 37.3 Å². The maximum Gasteiger partial charge on any atom is 0.318 e. The summed E-state index contributed by atoms with van der Waals surface area (Å²) in [5, 5.41) is 7.42. The van der Waals surface area contributed by atoms with Crippen LogP contribution in [0.1, 0.15) is 31.7 Å². The van der Waals surface area contributed by atoms with Crippen LogP contribution in [0.3, 0.4) is 0 Å². The van der Waals surface area contributed by atoms with Gasteiger partial charge in [0.1, 0.15) is 0 Å². The Morgan fingerprint density at radius 1 is 1.39 bits per heavy atom. The second-order valence-electron chi connectivity index (χ2n) is 3.49. The SMILES string of the molecule is C=COC(=O)C(CC)c1ccccc1.CC(=O)O. The number of carboxylic acids is 1. The summed E-state index contributed by atoms with van der Waals surface area (Å²) in [5.41, 5.74) is 0.988. The Morgan fingerprint density at radius 2 is 1.89 bits per heavy atom.